The Morgan fingerprint density at radius 3 is 3.06 bits per heavy atom. The Balaban J connectivity index is 2.28. The molecule has 0 unspecified atom stereocenters. The van der Waals surface area contributed by atoms with Crippen LogP contribution in [0.5, 0.6) is 0 Å². The number of thiophene rings is 1. The first-order chi connectivity index (χ1) is 8.42. The van der Waals surface area contributed by atoms with E-state index in [0.29, 0.717) is 0 Å². The van der Waals surface area contributed by atoms with Crippen LogP contribution in [0.4, 0.5) is 0 Å². The Labute approximate surface area is 100.0 Å². The third kappa shape index (κ3) is 1.23. The average Bonchev–Trinajstić information content (AvgIpc) is 2.73. The van der Waals surface area contributed by atoms with Crippen molar-refractivity contribution in [3.05, 3.63) is 37.1 Å². The van der Waals surface area contributed by atoms with E-state index in [1.165, 1.54) is 11.0 Å². The predicted octanol–water partition coefficient (Wildman–Crippen LogP) is 2.79. The molecule has 0 atom stereocenters. The van der Waals surface area contributed by atoms with Crippen molar-refractivity contribution >= 4 is 42.7 Å². The van der Waals surface area contributed by atoms with Gasteiger partial charge in [-0.25, -0.2) is 15.0 Å². The fraction of sp³-hybridized carbons (Fsp3) is 0. The molecule has 0 saturated heterocycles. The van der Waals surface area contributed by atoms with Crippen LogP contribution < -0.4 is 0 Å². The van der Waals surface area contributed by atoms with Crippen molar-refractivity contribution in [1.29, 1.82) is 0 Å². The van der Waals surface area contributed by atoms with E-state index in [1.807, 2.05) is 12.3 Å². The molecule has 4 aromatic rings. The molecule has 0 aromatic carbocycles. The van der Waals surface area contributed by atoms with Crippen LogP contribution >= 0.6 is 11.3 Å². The normalized spacial score (nSPS) is 11.5. The summed E-state index contributed by atoms with van der Waals surface area (Å²) in [6, 6.07) is 4.10. The molecule has 0 N–H and O–H groups in total. The van der Waals surface area contributed by atoms with E-state index in [1.54, 1.807) is 23.7 Å². The van der Waals surface area contributed by atoms with Crippen molar-refractivity contribution in [3.63, 3.8) is 0 Å². The second-order valence-electron chi connectivity index (χ2n) is 3.74. The summed E-state index contributed by atoms with van der Waals surface area (Å²) in [6.45, 7) is 0. The van der Waals surface area contributed by atoms with E-state index in [2.05, 4.69) is 26.0 Å². The molecule has 0 fully saturated rings. The van der Waals surface area contributed by atoms with Crippen LogP contribution in [0.2, 0.25) is 0 Å². The standard InChI is InChI=1S/C12H6N4S/c1-2-13-5-8-9(1)17-10-3-7-4-14-6-15-12(7)16-11(8)10/h1-6H. The van der Waals surface area contributed by atoms with E-state index in [0.717, 1.165) is 26.6 Å². The van der Waals surface area contributed by atoms with Crippen LogP contribution in [0.1, 0.15) is 0 Å². The first kappa shape index (κ1) is 8.95. The van der Waals surface area contributed by atoms with E-state index in [-0.39, 0.29) is 0 Å². The van der Waals surface area contributed by atoms with Crippen LogP contribution in [-0.2, 0) is 0 Å². The van der Waals surface area contributed by atoms with Gasteiger partial charge in [0.2, 0.25) is 0 Å². The zero-order valence-electron chi connectivity index (χ0n) is 8.66. The predicted molar refractivity (Wildman–Crippen MR) is 68.0 cm³/mol. The molecule has 0 radical (unpaired) electrons. The Hall–Kier alpha value is -2.14. The Bertz CT molecular complexity index is 847. The van der Waals surface area contributed by atoms with Gasteiger partial charge in [0.1, 0.15) is 6.33 Å². The summed E-state index contributed by atoms with van der Waals surface area (Å²) in [7, 11) is 0. The molecule has 0 amide bonds. The lowest BCUT2D eigenvalue weighted by Crippen LogP contribution is -1.84. The topological polar surface area (TPSA) is 51.6 Å². The van der Waals surface area contributed by atoms with E-state index in [9.17, 15) is 0 Å². The first-order valence-corrected chi connectivity index (χ1v) is 5.96. The van der Waals surface area contributed by atoms with E-state index >= 15 is 0 Å². The van der Waals surface area contributed by atoms with Crippen molar-refractivity contribution in [2.75, 3.05) is 0 Å². The Morgan fingerprint density at radius 2 is 2.06 bits per heavy atom. The van der Waals surface area contributed by atoms with Crippen LogP contribution in [0.3, 0.4) is 0 Å². The lowest BCUT2D eigenvalue weighted by atomic mass is 10.2. The van der Waals surface area contributed by atoms with Gasteiger partial charge < -0.3 is 0 Å². The zero-order valence-corrected chi connectivity index (χ0v) is 9.48. The van der Waals surface area contributed by atoms with Crippen molar-refractivity contribution in [1.82, 2.24) is 19.9 Å². The molecule has 4 aromatic heterocycles. The molecular weight excluding hydrogens is 232 g/mol. The second kappa shape index (κ2) is 3.18. The van der Waals surface area contributed by atoms with Gasteiger partial charge in [-0.2, -0.15) is 0 Å². The molecule has 0 saturated carbocycles. The number of aromatic nitrogens is 4. The minimum atomic E-state index is 0.732. The Morgan fingerprint density at radius 1 is 1.06 bits per heavy atom. The largest absolute Gasteiger partial charge is 0.264 e. The van der Waals surface area contributed by atoms with Crippen molar-refractivity contribution < 1.29 is 0 Å². The molecule has 4 rings (SSSR count). The minimum absolute atomic E-state index is 0.732. The van der Waals surface area contributed by atoms with Gasteiger partial charge in [0, 0.05) is 34.1 Å². The molecule has 0 aliphatic rings. The zero-order chi connectivity index (χ0) is 11.2. The molecule has 4 heterocycles. The molecule has 0 spiro atoms. The molecule has 0 aliphatic heterocycles. The summed E-state index contributed by atoms with van der Waals surface area (Å²) < 4.78 is 2.35. The van der Waals surface area contributed by atoms with Crippen LogP contribution in [0.25, 0.3) is 31.3 Å². The van der Waals surface area contributed by atoms with Crippen molar-refractivity contribution in [3.8, 4) is 0 Å². The fourth-order valence-corrected chi connectivity index (χ4v) is 3.00. The maximum atomic E-state index is 4.59. The van der Waals surface area contributed by atoms with Crippen LogP contribution in [0.15, 0.2) is 37.1 Å². The highest BCUT2D eigenvalue weighted by molar-refractivity contribution is 7.25. The number of hydrogen-bond acceptors (Lipinski definition) is 5. The van der Waals surface area contributed by atoms with Gasteiger partial charge >= 0.3 is 0 Å². The SMILES string of the molecule is c1cc2sc3cc4cncnc4nc3c2cn1. The van der Waals surface area contributed by atoms with Crippen LogP contribution in [-0.4, -0.2) is 19.9 Å². The summed E-state index contributed by atoms with van der Waals surface area (Å²) in [4.78, 5) is 16.9. The van der Waals surface area contributed by atoms with Gasteiger partial charge in [-0.1, -0.05) is 0 Å². The number of rotatable bonds is 0. The molecular formula is C12H6N4S. The third-order valence-electron chi connectivity index (χ3n) is 2.71. The fourth-order valence-electron chi connectivity index (χ4n) is 1.94. The van der Waals surface area contributed by atoms with Gasteiger partial charge in [0.15, 0.2) is 5.65 Å². The average molecular weight is 238 g/mol. The van der Waals surface area contributed by atoms with Gasteiger partial charge in [0.05, 0.1) is 10.2 Å². The monoisotopic (exact) mass is 238 g/mol. The molecule has 5 heteroatoms. The van der Waals surface area contributed by atoms with Gasteiger partial charge in [-0.3, -0.25) is 4.98 Å². The summed E-state index contributed by atoms with van der Waals surface area (Å²) in [5.41, 5.74) is 1.71. The first-order valence-electron chi connectivity index (χ1n) is 5.15. The summed E-state index contributed by atoms with van der Waals surface area (Å²) in [5.74, 6) is 0. The van der Waals surface area contributed by atoms with Crippen LogP contribution in [0, 0.1) is 0 Å². The molecule has 80 valence electrons. The number of fused-ring (bicyclic) bond motifs is 4. The lowest BCUT2D eigenvalue weighted by Gasteiger charge is -1.95. The molecule has 4 nitrogen and oxygen atoms in total. The number of hydrogen-bond donors (Lipinski definition) is 0. The molecule has 0 bridgehead atoms. The quantitative estimate of drug-likeness (QED) is 0.472. The maximum Gasteiger partial charge on any atom is 0.163 e. The third-order valence-corrected chi connectivity index (χ3v) is 3.82. The number of nitrogens with zero attached hydrogens (tertiary/aromatic N) is 4. The highest BCUT2D eigenvalue weighted by atomic mass is 32.1. The highest BCUT2D eigenvalue weighted by Gasteiger charge is 2.08. The summed E-state index contributed by atoms with van der Waals surface area (Å²) in [6.07, 6.45) is 6.97. The Kier molecular flexibility index (Phi) is 1.67. The van der Waals surface area contributed by atoms with Crippen molar-refractivity contribution in [2.45, 2.75) is 0 Å². The maximum absolute atomic E-state index is 4.59. The molecule has 0 aliphatic carbocycles. The summed E-state index contributed by atoms with van der Waals surface area (Å²) in [5, 5.41) is 2.06. The minimum Gasteiger partial charge on any atom is -0.264 e. The summed E-state index contributed by atoms with van der Waals surface area (Å²) >= 11 is 1.72. The highest BCUT2D eigenvalue weighted by Crippen LogP contribution is 2.33. The van der Waals surface area contributed by atoms with Crippen molar-refractivity contribution in [2.24, 2.45) is 0 Å². The van der Waals surface area contributed by atoms with E-state index in [4.69, 9.17) is 0 Å². The van der Waals surface area contributed by atoms with Gasteiger partial charge in [-0.15, -0.1) is 11.3 Å². The van der Waals surface area contributed by atoms with Gasteiger partial charge in [0.25, 0.3) is 0 Å². The van der Waals surface area contributed by atoms with E-state index < -0.39 is 0 Å². The number of pyridine rings is 2. The second-order valence-corrected chi connectivity index (χ2v) is 4.83. The molecule has 17 heavy (non-hydrogen) atoms. The lowest BCUT2D eigenvalue weighted by molar-refractivity contribution is 1.20. The van der Waals surface area contributed by atoms with Gasteiger partial charge in [-0.05, 0) is 12.1 Å². The smallest absolute Gasteiger partial charge is 0.163 e.